The Morgan fingerprint density at radius 2 is 1.84 bits per heavy atom. The zero-order chi connectivity index (χ0) is 18.0. The van der Waals surface area contributed by atoms with Crippen molar-refractivity contribution in [3.05, 3.63) is 51.3 Å². The summed E-state index contributed by atoms with van der Waals surface area (Å²) < 4.78 is 26.8. The molecule has 134 valence electrons. The lowest BCUT2D eigenvalue weighted by atomic mass is 10.1. The summed E-state index contributed by atoms with van der Waals surface area (Å²) in [7, 11) is -3.46. The van der Waals surface area contributed by atoms with E-state index in [-0.39, 0.29) is 12.3 Å². The minimum Gasteiger partial charge on any atom is -0.340 e. The molecule has 1 aliphatic rings. The molecule has 1 amide bonds. The average Bonchev–Trinajstić information content (AvgIpc) is 3.13. The predicted octanol–water partition coefficient (Wildman–Crippen LogP) is 3.13. The highest BCUT2D eigenvalue weighted by atomic mass is 35.5. The summed E-state index contributed by atoms with van der Waals surface area (Å²) in [4.78, 5) is 14.1. The molecule has 25 heavy (non-hydrogen) atoms. The Balaban J connectivity index is 1.61. The summed E-state index contributed by atoms with van der Waals surface area (Å²) in [6, 6.07) is 8.35. The van der Waals surface area contributed by atoms with Gasteiger partial charge in [0.2, 0.25) is 5.91 Å². The molecule has 0 saturated carbocycles. The number of nitrogens with zero attached hydrogens (tertiary/aromatic N) is 2. The van der Waals surface area contributed by atoms with Crippen molar-refractivity contribution in [1.29, 1.82) is 0 Å². The highest BCUT2D eigenvalue weighted by Gasteiger charge is 2.30. The molecule has 2 aromatic rings. The van der Waals surface area contributed by atoms with E-state index in [2.05, 4.69) is 0 Å². The summed E-state index contributed by atoms with van der Waals surface area (Å²) in [5.41, 5.74) is 0.713. The van der Waals surface area contributed by atoms with Gasteiger partial charge in [0.1, 0.15) is 4.21 Å². The van der Waals surface area contributed by atoms with Gasteiger partial charge in [-0.05, 0) is 29.1 Å². The first-order valence-corrected chi connectivity index (χ1v) is 10.7. The Hall–Kier alpha value is -1.12. The minimum absolute atomic E-state index is 0.0719. The van der Waals surface area contributed by atoms with Gasteiger partial charge in [-0.1, -0.05) is 35.3 Å². The molecule has 9 heteroatoms. The normalized spacial score (nSPS) is 16.2. The number of amides is 1. The van der Waals surface area contributed by atoms with Gasteiger partial charge in [-0.25, -0.2) is 8.42 Å². The van der Waals surface area contributed by atoms with Crippen LogP contribution in [0, 0.1) is 0 Å². The van der Waals surface area contributed by atoms with Crippen molar-refractivity contribution >= 4 is 50.5 Å². The number of rotatable bonds is 4. The van der Waals surface area contributed by atoms with Gasteiger partial charge in [-0.15, -0.1) is 11.3 Å². The number of carbonyl (C=O) groups is 1. The molecule has 0 spiro atoms. The standard InChI is InChI=1S/C16H16Cl2N2O3S2/c17-13-4-3-12(14(18)11-13)10-15(21)19-5-7-20(8-6-19)25(22,23)16-2-1-9-24-16/h1-4,9,11H,5-8,10H2. The summed E-state index contributed by atoms with van der Waals surface area (Å²) in [6.45, 7) is 1.32. The molecule has 1 fully saturated rings. The highest BCUT2D eigenvalue weighted by Crippen LogP contribution is 2.24. The van der Waals surface area contributed by atoms with E-state index in [0.717, 1.165) is 0 Å². The van der Waals surface area contributed by atoms with Crippen LogP contribution in [0.25, 0.3) is 0 Å². The quantitative estimate of drug-likeness (QED) is 0.765. The van der Waals surface area contributed by atoms with Crippen LogP contribution in [0.5, 0.6) is 0 Å². The van der Waals surface area contributed by atoms with Crippen LogP contribution in [0.2, 0.25) is 10.0 Å². The number of piperazine rings is 1. The fourth-order valence-corrected chi connectivity index (χ4v) is 5.70. The lowest BCUT2D eigenvalue weighted by Gasteiger charge is -2.33. The number of hydrogen-bond donors (Lipinski definition) is 0. The Bertz CT molecular complexity index is 862. The number of carbonyl (C=O) groups excluding carboxylic acids is 1. The fourth-order valence-electron chi connectivity index (χ4n) is 2.66. The van der Waals surface area contributed by atoms with Crippen LogP contribution in [-0.2, 0) is 21.2 Å². The Morgan fingerprint density at radius 3 is 2.44 bits per heavy atom. The maximum Gasteiger partial charge on any atom is 0.252 e. The first-order chi connectivity index (χ1) is 11.9. The van der Waals surface area contributed by atoms with E-state index in [4.69, 9.17) is 23.2 Å². The molecule has 0 unspecified atom stereocenters. The van der Waals surface area contributed by atoms with E-state index in [1.54, 1.807) is 40.6 Å². The van der Waals surface area contributed by atoms with Gasteiger partial charge in [0, 0.05) is 36.2 Å². The highest BCUT2D eigenvalue weighted by molar-refractivity contribution is 7.91. The maximum absolute atomic E-state index is 12.5. The van der Waals surface area contributed by atoms with E-state index in [9.17, 15) is 13.2 Å². The molecule has 0 N–H and O–H groups in total. The van der Waals surface area contributed by atoms with Gasteiger partial charge in [-0.2, -0.15) is 4.31 Å². The van der Waals surface area contributed by atoms with Crippen LogP contribution >= 0.6 is 34.5 Å². The van der Waals surface area contributed by atoms with Crippen LogP contribution in [0.3, 0.4) is 0 Å². The minimum atomic E-state index is -3.46. The van der Waals surface area contributed by atoms with E-state index in [1.807, 2.05) is 0 Å². The molecule has 0 aliphatic carbocycles. The molecular formula is C16H16Cl2N2O3S2. The van der Waals surface area contributed by atoms with Crippen molar-refractivity contribution < 1.29 is 13.2 Å². The van der Waals surface area contributed by atoms with E-state index in [0.29, 0.717) is 46.0 Å². The first-order valence-electron chi connectivity index (χ1n) is 7.63. The fraction of sp³-hybridized carbons (Fsp3) is 0.312. The largest absolute Gasteiger partial charge is 0.340 e. The van der Waals surface area contributed by atoms with Crippen molar-refractivity contribution in [3.8, 4) is 0 Å². The SMILES string of the molecule is O=C(Cc1ccc(Cl)cc1Cl)N1CCN(S(=O)(=O)c2cccs2)CC1. The monoisotopic (exact) mass is 418 g/mol. The molecular weight excluding hydrogens is 403 g/mol. The second-order valence-corrected chi connectivity index (χ2v) is 9.59. The zero-order valence-corrected chi connectivity index (χ0v) is 16.3. The molecule has 1 aromatic heterocycles. The number of hydrogen-bond acceptors (Lipinski definition) is 4. The van der Waals surface area contributed by atoms with E-state index in [1.165, 1.54) is 15.6 Å². The third kappa shape index (κ3) is 4.17. The first kappa shape index (κ1) is 18.7. The van der Waals surface area contributed by atoms with E-state index < -0.39 is 10.0 Å². The molecule has 0 radical (unpaired) electrons. The number of sulfonamides is 1. The van der Waals surface area contributed by atoms with Crippen molar-refractivity contribution in [1.82, 2.24) is 9.21 Å². The topological polar surface area (TPSA) is 57.7 Å². The second kappa shape index (κ2) is 7.63. The average molecular weight is 419 g/mol. The Kier molecular flexibility index (Phi) is 5.70. The van der Waals surface area contributed by atoms with Crippen LogP contribution in [0.15, 0.2) is 39.9 Å². The summed E-state index contributed by atoms with van der Waals surface area (Å²) in [6.07, 6.45) is 0.174. The van der Waals surface area contributed by atoms with Crippen LogP contribution in [0.1, 0.15) is 5.56 Å². The molecule has 0 bridgehead atoms. The maximum atomic E-state index is 12.5. The molecule has 2 heterocycles. The third-order valence-corrected chi connectivity index (χ3v) is 7.90. The summed E-state index contributed by atoms with van der Waals surface area (Å²) in [5, 5.41) is 2.72. The number of halogens is 2. The Morgan fingerprint density at radius 1 is 1.12 bits per heavy atom. The predicted molar refractivity (Wildman–Crippen MR) is 99.8 cm³/mol. The van der Waals surface area contributed by atoms with Crippen molar-refractivity contribution in [3.63, 3.8) is 0 Å². The van der Waals surface area contributed by atoms with Gasteiger partial charge in [0.15, 0.2) is 0 Å². The number of thiophene rings is 1. The van der Waals surface area contributed by atoms with Gasteiger partial charge in [0.05, 0.1) is 6.42 Å². The molecule has 1 aromatic carbocycles. The van der Waals surface area contributed by atoms with Crippen molar-refractivity contribution in [2.45, 2.75) is 10.6 Å². The molecule has 1 saturated heterocycles. The lowest BCUT2D eigenvalue weighted by Crippen LogP contribution is -2.50. The molecule has 5 nitrogen and oxygen atoms in total. The molecule has 0 atom stereocenters. The van der Waals surface area contributed by atoms with Crippen LogP contribution in [0.4, 0.5) is 0 Å². The summed E-state index contributed by atoms with van der Waals surface area (Å²) >= 11 is 13.2. The van der Waals surface area contributed by atoms with Gasteiger partial charge >= 0.3 is 0 Å². The number of benzene rings is 1. The molecule has 3 rings (SSSR count). The Labute approximate surface area is 160 Å². The van der Waals surface area contributed by atoms with Crippen molar-refractivity contribution in [2.75, 3.05) is 26.2 Å². The van der Waals surface area contributed by atoms with E-state index >= 15 is 0 Å². The van der Waals surface area contributed by atoms with Gasteiger partial charge in [0.25, 0.3) is 10.0 Å². The van der Waals surface area contributed by atoms with Crippen molar-refractivity contribution in [2.24, 2.45) is 0 Å². The second-order valence-electron chi connectivity index (χ2n) is 5.63. The summed E-state index contributed by atoms with van der Waals surface area (Å²) in [5.74, 6) is -0.0719. The molecule has 1 aliphatic heterocycles. The van der Waals surface area contributed by atoms with Crippen LogP contribution in [-0.4, -0.2) is 49.7 Å². The smallest absolute Gasteiger partial charge is 0.252 e. The van der Waals surface area contributed by atoms with Gasteiger partial charge < -0.3 is 4.90 Å². The van der Waals surface area contributed by atoms with Crippen LogP contribution < -0.4 is 0 Å². The lowest BCUT2D eigenvalue weighted by molar-refractivity contribution is -0.131. The van der Waals surface area contributed by atoms with Gasteiger partial charge in [-0.3, -0.25) is 4.79 Å². The zero-order valence-electron chi connectivity index (χ0n) is 13.2. The third-order valence-electron chi connectivity index (χ3n) is 4.04.